The van der Waals surface area contributed by atoms with Crippen LogP contribution in [0.1, 0.15) is 26.5 Å². The van der Waals surface area contributed by atoms with Crippen LogP contribution < -0.4 is 0 Å². The summed E-state index contributed by atoms with van der Waals surface area (Å²) >= 11 is 4.95. The number of sulfone groups is 1. The number of amides is 1. The molecule has 0 bridgehead atoms. The SMILES string of the molecule is Cc1cc(C)c2c(Br)c(C(=O)N(C)Cc3ccc(S(C)(=O)=O)cc3)sc2n1. The molecule has 1 aromatic carbocycles. The lowest BCUT2D eigenvalue weighted by molar-refractivity contribution is 0.0789. The van der Waals surface area contributed by atoms with E-state index in [-0.39, 0.29) is 10.8 Å². The maximum Gasteiger partial charge on any atom is 0.265 e. The average molecular weight is 467 g/mol. The highest BCUT2D eigenvalue weighted by Gasteiger charge is 2.22. The van der Waals surface area contributed by atoms with Crippen molar-refractivity contribution < 1.29 is 13.2 Å². The molecule has 0 aliphatic rings. The summed E-state index contributed by atoms with van der Waals surface area (Å²) in [5, 5.41) is 0.972. The number of carbonyl (C=O) groups excluding carboxylic acids is 1. The summed E-state index contributed by atoms with van der Waals surface area (Å²) in [7, 11) is -1.50. The Labute approximate surface area is 171 Å². The maximum absolute atomic E-state index is 12.9. The second-order valence-corrected chi connectivity index (χ2v) is 10.4. The number of hydrogen-bond acceptors (Lipinski definition) is 5. The molecule has 8 heteroatoms. The molecule has 3 rings (SSSR count). The first-order chi connectivity index (χ1) is 12.6. The zero-order chi connectivity index (χ0) is 19.9. The molecule has 27 heavy (non-hydrogen) atoms. The van der Waals surface area contributed by atoms with E-state index in [1.165, 1.54) is 17.6 Å². The van der Waals surface area contributed by atoms with Gasteiger partial charge in [-0.15, -0.1) is 11.3 Å². The largest absolute Gasteiger partial charge is 0.337 e. The maximum atomic E-state index is 12.9. The summed E-state index contributed by atoms with van der Waals surface area (Å²) in [6, 6.07) is 8.59. The van der Waals surface area contributed by atoms with Gasteiger partial charge in [0, 0.05) is 30.9 Å². The lowest BCUT2D eigenvalue weighted by atomic mass is 10.1. The molecule has 2 heterocycles. The van der Waals surface area contributed by atoms with Gasteiger partial charge < -0.3 is 4.90 Å². The van der Waals surface area contributed by atoms with E-state index in [9.17, 15) is 13.2 Å². The lowest BCUT2D eigenvalue weighted by Crippen LogP contribution is -2.25. The van der Waals surface area contributed by atoms with Gasteiger partial charge in [0.15, 0.2) is 9.84 Å². The van der Waals surface area contributed by atoms with Crippen LogP contribution >= 0.6 is 27.3 Å². The summed E-state index contributed by atoms with van der Waals surface area (Å²) in [5.74, 6) is -0.103. The summed E-state index contributed by atoms with van der Waals surface area (Å²) in [5.41, 5.74) is 2.87. The van der Waals surface area contributed by atoms with E-state index in [0.717, 1.165) is 31.5 Å². The smallest absolute Gasteiger partial charge is 0.265 e. The zero-order valence-electron chi connectivity index (χ0n) is 15.4. The number of rotatable bonds is 4. The van der Waals surface area contributed by atoms with Gasteiger partial charge in [0.1, 0.15) is 9.71 Å². The molecule has 0 radical (unpaired) electrons. The van der Waals surface area contributed by atoms with Crippen molar-refractivity contribution in [2.75, 3.05) is 13.3 Å². The lowest BCUT2D eigenvalue weighted by Gasteiger charge is -2.17. The average Bonchev–Trinajstić information content (AvgIpc) is 2.90. The molecule has 3 aromatic rings. The predicted molar refractivity (Wildman–Crippen MR) is 112 cm³/mol. The number of carbonyl (C=O) groups is 1. The Morgan fingerprint density at radius 2 is 1.85 bits per heavy atom. The van der Waals surface area contributed by atoms with Gasteiger partial charge >= 0.3 is 0 Å². The number of aryl methyl sites for hydroxylation is 2. The van der Waals surface area contributed by atoms with E-state index in [1.54, 1.807) is 36.2 Å². The van der Waals surface area contributed by atoms with Gasteiger partial charge in [-0.25, -0.2) is 13.4 Å². The molecule has 0 aliphatic carbocycles. The van der Waals surface area contributed by atoms with Crippen molar-refractivity contribution in [3.8, 4) is 0 Å². The molecule has 0 N–H and O–H groups in total. The molecule has 0 spiro atoms. The Morgan fingerprint density at radius 1 is 1.22 bits per heavy atom. The monoisotopic (exact) mass is 466 g/mol. The highest BCUT2D eigenvalue weighted by molar-refractivity contribution is 9.10. The topological polar surface area (TPSA) is 67.3 Å². The van der Waals surface area contributed by atoms with Crippen LogP contribution in [0.15, 0.2) is 39.7 Å². The van der Waals surface area contributed by atoms with Crippen molar-refractivity contribution >= 4 is 53.2 Å². The fraction of sp³-hybridized carbons (Fsp3) is 0.263. The van der Waals surface area contributed by atoms with E-state index in [0.29, 0.717) is 11.4 Å². The number of aromatic nitrogens is 1. The van der Waals surface area contributed by atoms with Crippen LogP contribution in [0, 0.1) is 13.8 Å². The molecule has 0 saturated carbocycles. The van der Waals surface area contributed by atoms with Crippen LogP contribution in [-0.4, -0.2) is 37.5 Å². The molecule has 142 valence electrons. The Kier molecular flexibility index (Phi) is 5.42. The van der Waals surface area contributed by atoms with Gasteiger partial charge in [-0.05, 0) is 59.1 Å². The first-order valence-corrected chi connectivity index (χ1v) is 11.7. The summed E-state index contributed by atoms with van der Waals surface area (Å²) in [4.78, 5) is 20.8. The molecule has 0 unspecified atom stereocenters. The number of thiophene rings is 1. The quantitative estimate of drug-likeness (QED) is 0.572. The van der Waals surface area contributed by atoms with E-state index < -0.39 is 9.84 Å². The first kappa shape index (κ1) is 20.0. The molecule has 1 amide bonds. The van der Waals surface area contributed by atoms with E-state index in [4.69, 9.17) is 0 Å². The third kappa shape index (κ3) is 4.07. The van der Waals surface area contributed by atoms with Gasteiger partial charge in [0.2, 0.25) is 0 Å². The van der Waals surface area contributed by atoms with Crippen molar-refractivity contribution in [3.63, 3.8) is 0 Å². The second kappa shape index (κ2) is 7.33. The number of fused-ring (bicyclic) bond motifs is 1. The molecular formula is C19H19BrN2O3S2. The molecule has 0 atom stereocenters. The zero-order valence-corrected chi connectivity index (χ0v) is 18.6. The number of nitrogens with zero attached hydrogens (tertiary/aromatic N) is 2. The molecule has 0 saturated heterocycles. The summed E-state index contributed by atoms with van der Waals surface area (Å²) in [6.45, 7) is 4.33. The molecule has 2 aromatic heterocycles. The van der Waals surface area contributed by atoms with Crippen LogP contribution in [0.2, 0.25) is 0 Å². The molecular weight excluding hydrogens is 448 g/mol. The van der Waals surface area contributed by atoms with Gasteiger partial charge in [-0.2, -0.15) is 0 Å². The predicted octanol–water partition coefficient (Wildman–Crippen LogP) is 4.35. The molecule has 5 nitrogen and oxygen atoms in total. The Morgan fingerprint density at radius 3 is 2.44 bits per heavy atom. The van der Waals surface area contributed by atoms with Crippen molar-refractivity contribution in [3.05, 3.63) is 56.5 Å². The Hall–Kier alpha value is -1.77. The Balaban J connectivity index is 1.86. The van der Waals surface area contributed by atoms with Crippen molar-refractivity contribution in [2.24, 2.45) is 0 Å². The normalized spacial score (nSPS) is 11.7. The number of pyridine rings is 1. The number of benzene rings is 1. The standard InChI is InChI=1S/C19H19BrN2O3S2/c1-11-9-12(2)21-18-15(11)16(20)17(26-18)19(23)22(3)10-13-5-7-14(8-6-13)27(4,24)25/h5-9H,10H2,1-4H3. The first-order valence-electron chi connectivity index (χ1n) is 8.18. The summed E-state index contributed by atoms with van der Waals surface area (Å²) in [6.07, 6.45) is 1.17. The van der Waals surface area contributed by atoms with Crippen LogP contribution in [0.3, 0.4) is 0 Å². The molecule has 0 fully saturated rings. The minimum Gasteiger partial charge on any atom is -0.337 e. The van der Waals surface area contributed by atoms with Crippen molar-refractivity contribution in [2.45, 2.75) is 25.3 Å². The minimum absolute atomic E-state index is 0.103. The third-order valence-electron chi connectivity index (χ3n) is 4.24. The third-order valence-corrected chi connectivity index (χ3v) is 7.50. The van der Waals surface area contributed by atoms with Gasteiger partial charge in [-0.3, -0.25) is 4.79 Å². The van der Waals surface area contributed by atoms with Crippen LogP contribution in [0.4, 0.5) is 0 Å². The second-order valence-electron chi connectivity index (χ2n) is 6.58. The van der Waals surface area contributed by atoms with Crippen molar-refractivity contribution in [1.29, 1.82) is 0 Å². The van der Waals surface area contributed by atoms with Crippen LogP contribution in [0.5, 0.6) is 0 Å². The number of hydrogen-bond donors (Lipinski definition) is 0. The number of halogens is 1. The summed E-state index contributed by atoms with van der Waals surface area (Å²) < 4.78 is 23.9. The van der Waals surface area contributed by atoms with E-state index in [2.05, 4.69) is 20.9 Å². The van der Waals surface area contributed by atoms with Crippen LogP contribution in [-0.2, 0) is 16.4 Å². The fourth-order valence-corrected chi connectivity index (χ4v) is 5.75. The van der Waals surface area contributed by atoms with Crippen LogP contribution in [0.25, 0.3) is 10.2 Å². The van der Waals surface area contributed by atoms with Crippen molar-refractivity contribution in [1.82, 2.24) is 9.88 Å². The highest BCUT2D eigenvalue weighted by Crippen LogP contribution is 2.37. The van der Waals surface area contributed by atoms with Gasteiger partial charge in [0.25, 0.3) is 5.91 Å². The van der Waals surface area contributed by atoms with E-state index in [1.807, 2.05) is 19.9 Å². The fourth-order valence-electron chi connectivity index (χ4n) is 2.90. The minimum atomic E-state index is -3.23. The highest BCUT2D eigenvalue weighted by atomic mass is 79.9. The van der Waals surface area contributed by atoms with Gasteiger partial charge in [0.05, 0.1) is 9.37 Å². The molecule has 0 aliphatic heterocycles. The van der Waals surface area contributed by atoms with E-state index >= 15 is 0 Å². The van der Waals surface area contributed by atoms with Gasteiger partial charge in [-0.1, -0.05) is 12.1 Å². The Bertz CT molecular complexity index is 1140.